The van der Waals surface area contributed by atoms with Crippen LogP contribution >= 0.6 is 0 Å². The monoisotopic (exact) mass is 426 g/mol. The van der Waals surface area contributed by atoms with Crippen molar-refractivity contribution in [3.05, 3.63) is 0 Å². The van der Waals surface area contributed by atoms with Crippen molar-refractivity contribution in [1.82, 2.24) is 10.6 Å². The molecule has 0 radical (unpaired) electrons. The third-order valence-electron chi connectivity index (χ3n) is 5.38. The van der Waals surface area contributed by atoms with Crippen molar-refractivity contribution < 1.29 is 28.7 Å². The first-order chi connectivity index (χ1) is 13.9. The van der Waals surface area contributed by atoms with Crippen LogP contribution in [0.2, 0.25) is 0 Å². The lowest BCUT2D eigenvalue weighted by atomic mass is 9.82. The molecule has 8 heteroatoms. The molecule has 0 saturated carbocycles. The van der Waals surface area contributed by atoms with E-state index in [1.807, 2.05) is 41.5 Å². The Morgan fingerprint density at radius 1 is 0.967 bits per heavy atom. The van der Waals surface area contributed by atoms with Crippen molar-refractivity contribution >= 4 is 23.8 Å². The molecule has 4 unspecified atom stereocenters. The average molecular weight is 427 g/mol. The molecule has 2 amide bonds. The Labute approximate surface area is 179 Å². The molecule has 2 N–H and O–H groups in total. The Balaban J connectivity index is 2.83. The fraction of sp³-hybridized carbons (Fsp3) is 0.818. The van der Waals surface area contributed by atoms with Crippen LogP contribution in [0.1, 0.15) is 61.8 Å². The number of amides is 2. The molecule has 1 saturated heterocycles. The number of cyclic esters (lactones) is 1. The molecule has 0 aromatic heterocycles. The van der Waals surface area contributed by atoms with Gasteiger partial charge in [0.1, 0.15) is 18.0 Å². The fourth-order valence-corrected chi connectivity index (χ4v) is 3.18. The summed E-state index contributed by atoms with van der Waals surface area (Å²) in [6.45, 7) is 15.2. The second kappa shape index (κ2) is 11.3. The van der Waals surface area contributed by atoms with Crippen LogP contribution in [0.15, 0.2) is 0 Å². The predicted molar refractivity (Wildman–Crippen MR) is 112 cm³/mol. The van der Waals surface area contributed by atoms with Crippen LogP contribution in [-0.4, -0.2) is 48.5 Å². The van der Waals surface area contributed by atoms with Crippen molar-refractivity contribution in [2.24, 2.45) is 29.6 Å². The molecule has 0 bridgehead atoms. The van der Waals surface area contributed by atoms with Gasteiger partial charge in [-0.15, -0.1) is 0 Å². The topological polar surface area (TPSA) is 111 Å². The molecular formula is C22H38N2O6. The van der Waals surface area contributed by atoms with E-state index in [0.717, 1.165) is 6.42 Å². The molecule has 0 spiro atoms. The molecule has 1 heterocycles. The standard InChI is InChI=1S/C22H38N2O6/c1-9-14(8)15-18(30-21(15)27)20(26)23-16(12(4)5)19(25)24-17(13(6)7)22(28)29-10-11(2)3/h11-18H,9-10H2,1-8H3,(H,23,26)(H,24,25)/t14-,15?,16?,17?,18?/m0/s1. The summed E-state index contributed by atoms with van der Waals surface area (Å²) in [6.07, 6.45) is -0.148. The normalized spacial score (nSPS) is 21.5. The molecule has 0 aromatic carbocycles. The number of rotatable bonds is 11. The maximum absolute atomic E-state index is 12.9. The molecule has 1 aliphatic rings. The van der Waals surface area contributed by atoms with Gasteiger partial charge in [0.05, 0.1) is 6.61 Å². The first kappa shape index (κ1) is 25.9. The summed E-state index contributed by atoms with van der Waals surface area (Å²) >= 11 is 0. The lowest BCUT2D eigenvalue weighted by Gasteiger charge is -2.38. The van der Waals surface area contributed by atoms with E-state index >= 15 is 0 Å². The number of ether oxygens (including phenoxy) is 2. The van der Waals surface area contributed by atoms with Gasteiger partial charge in [-0.3, -0.25) is 14.4 Å². The Morgan fingerprint density at radius 2 is 1.53 bits per heavy atom. The van der Waals surface area contributed by atoms with E-state index in [4.69, 9.17) is 9.47 Å². The van der Waals surface area contributed by atoms with Crippen molar-refractivity contribution in [2.45, 2.75) is 80.0 Å². The highest BCUT2D eigenvalue weighted by atomic mass is 16.6. The summed E-state index contributed by atoms with van der Waals surface area (Å²) in [5.41, 5.74) is 0. The fourth-order valence-electron chi connectivity index (χ4n) is 3.18. The number of esters is 2. The highest BCUT2D eigenvalue weighted by molar-refractivity contribution is 5.97. The van der Waals surface area contributed by atoms with Gasteiger partial charge >= 0.3 is 11.9 Å². The van der Waals surface area contributed by atoms with Crippen LogP contribution < -0.4 is 10.6 Å². The Bertz CT molecular complexity index is 631. The van der Waals surface area contributed by atoms with Crippen LogP contribution in [0.4, 0.5) is 0 Å². The second-order valence-corrected chi connectivity index (χ2v) is 9.25. The lowest BCUT2D eigenvalue weighted by Crippen LogP contribution is -2.61. The van der Waals surface area contributed by atoms with Gasteiger partial charge in [0, 0.05) is 0 Å². The SMILES string of the molecule is CC[C@H](C)C1C(=O)OC1C(=O)NC(C(=O)NC(C(=O)OCC(C)C)C(C)C)C(C)C. The minimum Gasteiger partial charge on any atom is -0.464 e. The van der Waals surface area contributed by atoms with Gasteiger partial charge in [0.15, 0.2) is 6.10 Å². The van der Waals surface area contributed by atoms with Gasteiger partial charge in [0.25, 0.3) is 5.91 Å². The van der Waals surface area contributed by atoms with E-state index in [2.05, 4.69) is 10.6 Å². The van der Waals surface area contributed by atoms with E-state index in [1.54, 1.807) is 13.8 Å². The van der Waals surface area contributed by atoms with Crippen molar-refractivity contribution in [3.8, 4) is 0 Å². The van der Waals surface area contributed by atoms with E-state index in [1.165, 1.54) is 0 Å². The summed E-state index contributed by atoms with van der Waals surface area (Å²) in [7, 11) is 0. The largest absolute Gasteiger partial charge is 0.464 e. The minimum absolute atomic E-state index is 0.00868. The van der Waals surface area contributed by atoms with Gasteiger partial charge in [-0.2, -0.15) is 0 Å². The molecule has 8 nitrogen and oxygen atoms in total. The van der Waals surface area contributed by atoms with Gasteiger partial charge < -0.3 is 20.1 Å². The predicted octanol–water partition coefficient (Wildman–Crippen LogP) is 2.05. The Morgan fingerprint density at radius 3 is 1.97 bits per heavy atom. The van der Waals surface area contributed by atoms with E-state index in [-0.39, 0.29) is 36.2 Å². The Kier molecular flexibility index (Phi) is 9.78. The summed E-state index contributed by atoms with van der Waals surface area (Å²) in [4.78, 5) is 49.8. The molecule has 5 atom stereocenters. The summed E-state index contributed by atoms with van der Waals surface area (Å²) in [6, 6.07) is -1.68. The molecular weight excluding hydrogens is 388 g/mol. The third-order valence-corrected chi connectivity index (χ3v) is 5.38. The highest BCUT2D eigenvalue weighted by Crippen LogP contribution is 2.31. The van der Waals surface area contributed by atoms with Crippen molar-refractivity contribution in [2.75, 3.05) is 6.61 Å². The van der Waals surface area contributed by atoms with E-state index < -0.39 is 41.9 Å². The molecule has 1 rings (SSSR count). The van der Waals surface area contributed by atoms with Crippen LogP contribution in [0.25, 0.3) is 0 Å². The maximum Gasteiger partial charge on any atom is 0.328 e. The zero-order valence-corrected chi connectivity index (χ0v) is 19.5. The molecule has 172 valence electrons. The number of hydrogen-bond donors (Lipinski definition) is 2. The number of nitrogens with one attached hydrogen (secondary N) is 2. The maximum atomic E-state index is 12.9. The third kappa shape index (κ3) is 6.71. The minimum atomic E-state index is -0.890. The van der Waals surface area contributed by atoms with E-state index in [9.17, 15) is 19.2 Å². The Hall–Kier alpha value is -2.12. The van der Waals surface area contributed by atoms with Crippen LogP contribution in [0, 0.1) is 29.6 Å². The first-order valence-corrected chi connectivity index (χ1v) is 10.9. The molecule has 30 heavy (non-hydrogen) atoms. The summed E-state index contributed by atoms with van der Waals surface area (Å²) in [5, 5.41) is 5.42. The quantitative estimate of drug-likeness (QED) is 0.489. The molecule has 1 aliphatic heterocycles. The van der Waals surface area contributed by atoms with Crippen molar-refractivity contribution in [1.29, 1.82) is 0 Å². The number of carbonyl (C=O) groups is 4. The molecule has 1 fully saturated rings. The summed E-state index contributed by atoms with van der Waals surface area (Å²) in [5.74, 6) is -2.56. The average Bonchev–Trinajstić information content (AvgIpc) is 2.65. The number of hydrogen-bond acceptors (Lipinski definition) is 6. The van der Waals surface area contributed by atoms with Crippen LogP contribution in [0.5, 0.6) is 0 Å². The van der Waals surface area contributed by atoms with Gasteiger partial charge in [-0.25, -0.2) is 4.79 Å². The molecule has 0 aromatic rings. The molecule has 0 aliphatic carbocycles. The number of carbonyl (C=O) groups excluding carboxylic acids is 4. The zero-order chi connectivity index (χ0) is 23.2. The van der Waals surface area contributed by atoms with Gasteiger partial charge in [-0.05, 0) is 23.7 Å². The zero-order valence-electron chi connectivity index (χ0n) is 19.5. The lowest BCUT2D eigenvalue weighted by molar-refractivity contribution is -0.193. The summed E-state index contributed by atoms with van der Waals surface area (Å²) < 4.78 is 10.3. The van der Waals surface area contributed by atoms with Crippen molar-refractivity contribution in [3.63, 3.8) is 0 Å². The van der Waals surface area contributed by atoms with E-state index in [0.29, 0.717) is 0 Å². The smallest absolute Gasteiger partial charge is 0.328 e. The second-order valence-electron chi connectivity index (χ2n) is 9.25. The van der Waals surface area contributed by atoms with Gasteiger partial charge in [-0.1, -0.05) is 61.8 Å². The first-order valence-electron chi connectivity index (χ1n) is 10.9. The highest BCUT2D eigenvalue weighted by Gasteiger charge is 2.50. The van der Waals surface area contributed by atoms with Crippen LogP contribution in [0.3, 0.4) is 0 Å². The van der Waals surface area contributed by atoms with Gasteiger partial charge in [0.2, 0.25) is 5.91 Å². The van der Waals surface area contributed by atoms with Crippen LogP contribution in [-0.2, 0) is 28.7 Å².